The lowest BCUT2D eigenvalue weighted by molar-refractivity contribution is -0.157. The summed E-state index contributed by atoms with van der Waals surface area (Å²) in [6.45, 7) is 11.9. The van der Waals surface area contributed by atoms with Gasteiger partial charge in [-0.25, -0.2) is 0 Å². The first-order valence-electron chi connectivity index (χ1n) is 14.3. The van der Waals surface area contributed by atoms with E-state index in [1.807, 2.05) is 56.9 Å². The SMILES string of the molecule is CCCCCN1CC=C[C@]23O[C@@]4(C)C=CCN(CCC)C(=O)[C@H]4[C@H]2C(=O)N([C@@H](CO)[C@@H](C)CC)C3C1=O. The van der Waals surface area contributed by atoms with E-state index in [9.17, 15) is 19.5 Å². The first-order valence-corrected chi connectivity index (χ1v) is 14.3. The summed E-state index contributed by atoms with van der Waals surface area (Å²) in [5, 5.41) is 10.5. The largest absolute Gasteiger partial charge is 0.394 e. The van der Waals surface area contributed by atoms with Crippen LogP contribution in [0.4, 0.5) is 0 Å². The molecule has 1 unspecified atom stereocenters. The van der Waals surface area contributed by atoms with Crippen molar-refractivity contribution in [1.29, 1.82) is 0 Å². The lowest BCUT2D eigenvalue weighted by atomic mass is 9.74. The number of rotatable bonds is 10. The molecule has 1 N–H and O–H groups in total. The second-order valence-electron chi connectivity index (χ2n) is 11.5. The maximum Gasteiger partial charge on any atom is 0.249 e. The molecule has 4 heterocycles. The van der Waals surface area contributed by atoms with Crippen molar-refractivity contribution in [3.05, 3.63) is 24.3 Å². The van der Waals surface area contributed by atoms with Crippen LogP contribution in [0, 0.1) is 17.8 Å². The second-order valence-corrected chi connectivity index (χ2v) is 11.5. The minimum Gasteiger partial charge on any atom is -0.394 e. The Labute approximate surface area is 221 Å². The van der Waals surface area contributed by atoms with E-state index in [2.05, 4.69) is 6.92 Å². The third-order valence-corrected chi connectivity index (χ3v) is 9.03. The Morgan fingerprint density at radius 2 is 1.62 bits per heavy atom. The summed E-state index contributed by atoms with van der Waals surface area (Å²) in [5.74, 6) is -2.10. The third kappa shape index (κ3) is 4.44. The highest BCUT2D eigenvalue weighted by Crippen LogP contribution is 2.58. The maximum absolute atomic E-state index is 14.4. The quantitative estimate of drug-likeness (QED) is 0.357. The van der Waals surface area contributed by atoms with Gasteiger partial charge in [0.1, 0.15) is 11.6 Å². The van der Waals surface area contributed by atoms with Crippen LogP contribution in [0.3, 0.4) is 0 Å². The van der Waals surface area contributed by atoms with Crippen molar-refractivity contribution < 1.29 is 24.2 Å². The average molecular weight is 516 g/mol. The molecule has 0 aromatic carbocycles. The number of carbonyl (C=O) groups is 3. The smallest absolute Gasteiger partial charge is 0.249 e. The van der Waals surface area contributed by atoms with Crippen LogP contribution in [0.2, 0.25) is 0 Å². The zero-order chi connectivity index (χ0) is 27.0. The molecule has 8 nitrogen and oxygen atoms in total. The van der Waals surface area contributed by atoms with Gasteiger partial charge in [0.2, 0.25) is 17.7 Å². The molecular weight excluding hydrogens is 470 g/mol. The van der Waals surface area contributed by atoms with Crippen LogP contribution in [0.25, 0.3) is 0 Å². The van der Waals surface area contributed by atoms with Crippen LogP contribution in [0.15, 0.2) is 24.3 Å². The molecule has 7 atom stereocenters. The number of amides is 3. The molecule has 37 heavy (non-hydrogen) atoms. The summed E-state index contributed by atoms with van der Waals surface area (Å²) in [6, 6.07) is -1.45. The molecule has 2 fully saturated rings. The first kappa shape index (κ1) is 27.8. The molecule has 3 amide bonds. The summed E-state index contributed by atoms with van der Waals surface area (Å²) in [6.07, 6.45) is 12.2. The van der Waals surface area contributed by atoms with Crippen molar-refractivity contribution in [1.82, 2.24) is 14.7 Å². The second kappa shape index (κ2) is 10.9. The van der Waals surface area contributed by atoms with E-state index < -0.39 is 35.1 Å². The molecule has 4 aliphatic heterocycles. The Morgan fingerprint density at radius 1 is 0.946 bits per heavy atom. The Kier molecular flexibility index (Phi) is 8.19. The summed E-state index contributed by atoms with van der Waals surface area (Å²) in [4.78, 5) is 48.0. The number of carbonyl (C=O) groups excluding carboxylic acids is 3. The van der Waals surface area contributed by atoms with Gasteiger partial charge in [-0.05, 0) is 25.7 Å². The average Bonchev–Trinajstić information content (AvgIpc) is 3.15. The molecular formula is C29H45N3O5. The number of aliphatic hydroxyl groups is 1. The van der Waals surface area contributed by atoms with Crippen molar-refractivity contribution in [2.45, 2.75) is 90.0 Å². The van der Waals surface area contributed by atoms with Crippen molar-refractivity contribution in [3.63, 3.8) is 0 Å². The zero-order valence-corrected chi connectivity index (χ0v) is 23.2. The molecule has 0 radical (unpaired) electrons. The summed E-state index contributed by atoms with van der Waals surface area (Å²) < 4.78 is 6.87. The minimum atomic E-state index is -1.26. The molecule has 8 heteroatoms. The number of hydrogen-bond donors (Lipinski definition) is 1. The highest BCUT2D eigenvalue weighted by atomic mass is 16.5. The molecule has 4 rings (SSSR count). The van der Waals surface area contributed by atoms with Gasteiger partial charge < -0.3 is 24.5 Å². The molecule has 0 aromatic rings. The van der Waals surface area contributed by atoms with Crippen LogP contribution >= 0.6 is 0 Å². The molecule has 1 spiro atoms. The molecule has 2 saturated heterocycles. The molecule has 4 aliphatic rings. The van der Waals surface area contributed by atoms with Gasteiger partial charge in [-0.1, -0.05) is 71.3 Å². The standard InChI is InChI=1S/C29H45N3O5/c1-6-9-10-16-31-18-12-14-29-23(22-25(34)30(15-7-2)17-11-13-28(22,5)37-29)26(35)32(24(29)27(31)36)21(19-33)20(4)8-3/h11-14,20-24,33H,6-10,15-19H2,1-5H3/t20-,21-,22+,23-,24?,28-,29-/m0/s1. The van der Waals surface area contributed by atoms with Crippen LogP contribution in [0.5, 0.6) is 0 Å². The van der Waals surface area contributed by atoms with Gasteiger partial charge in [-0.15, -0.1) is 0 Å². The fourth-order valence-corrected chi connectivity index (χ4v) is 6.95. The molecule has 0 aromatic heterocycles. The van der Waals surface area contributed by atoms with E-state index >= 15 is 0 Å². The van der Waals surface area contributed by atoms with Gasteiger partial charge in [0.25, 0.3) is 0 Å². The van der Waals surface area contributed by atoms with Gasteiger partial charge in [0, 0.05) is 26.2 Å². The van der Waals surface area contributed by atoms with Crippen molar-refractivity contribution in [3.8, 4) is 0 Å². The Balaban J connectivity index is 1.85. The van der Waals surface area contributed by atoms with Gasteiger partial charge >= 0.3 is 0 Å². The summed E-state index contributed by atoms with van der Waals surface area (Å²) in [7, 11) is 0. The highest BCUT2D eigenvalue weighted by Gasteiger charge is 2.75. The normalized spacial score (nSPS) is 34.8. The Morgan fingerprint density at radius 3 is 2.24 bits per heavy atom. The predicted octanol–water partition coefficient (Wildman–Crippen LogP) is 2.76. The van der Waals surface area contributed by atoms with Gasteiger partial charge in [-0.3, -0.25) is 14.4 Å². The highest BCUT2D eigenvalue weighted by molar-refractivity contribution is 6.00. The van der Waals surface area contributed by atoms with Crippen LogP contribution in [0.1, 0.15) is 66.7 Å². The monoisotopic (exact) mass is 515 g/mol. The molecule has 0 aliphatic carbocycles. The van der Waals surface area contributed by atoms with E-state index in [1.54, 1.807) is 9.80 Å². The zero-order valence-electron chi connectivity index (χ0n) is 23.2. The minimum absolute atomic E-state index is 0.0221. The molecule has 0 saturated carbocycles. The van der Waals surface area contributed by atoms with Crippen molar-refractivity contribution in [2.24, 2.45) is 17.8 Å². The fraction of sp³-hybridized carbons (Fsp3) is 0.759. The van der Waals surface area contributed by atoms with Crippen LogP contribution in [-0.4, -0.2) is 93.6 Å². The first-order chi connectivity index (χ1) is 17.7. The topological polar surface area (TPSA) is 90.4 Å². The number of aliphatic hydroxyl groups excluding tert-OH is 1. The van der Waals surface area contributed by atoms with E-state index in [0.717, 1.165) is 32.1 Å². The van der Waals surface area contributed by atoms with Crippen molar-refractivity contribution >= 4 is 17.7 Å². The summed E-state index contributed by atoms with van der Waals surface area (Å²) in [5.41, 5.74) is -2.26. The van der Waals surface area contributed by atoms with E-state index in [4.69, 9.17) is 4.74 Å². The maximum atomic E-state index is 14.4. The molecule has 206 valence electrons. The Bertz CT molecular complexity index is 950. The van der Waals surface area contributed by atoms with E-state index in [0.29, 0.717) is 26.2 Å². The summed E-state index contributed by atoms with van der Waals surface area (Å²) >= 11 is 0. The number of likely N-dealkylation sites (tertiary alicyclic amines) is 1. The number of hydrogen-bond acceptors (Lipinski definition) is 5. The van der Waals surface area contributed by atoms with E-state index in [-0.39, 0.29) is 30.2 Å². The lowest BCUT2D eigenvalue weighted by Gasteiger charge is -2.41. The van der Waals surface area contributed by atoms with Crippen LogP contribution < -0.4 is 0 Å². The molecule has 0 bridgehead atoms. The fourth-order valence-electron chi connectivity index (χ4n) is 6.95. The number of nitrogens with zero attached hydrogens (tertiary/aromatic N) is 3. The third-order valence-electron chi connectivity index (χ3n) is 9.03. The number of unbranched alkanes of at least 4 members (excludes halogenated alkanes) is 2. The van der Waals surface area contributed by atoms with Crippen LogP contribution in [-0.2, 0) is 19.1 Å². The van der Waals surface area contributed by atoms with E-state index in [1.165, 1.54) is 0 Å². The number of fused-ring (bicyclic) bond motifs is 2. The Hall–Kier alpha value is -2.19. The lowest BCUT2D eigenvalue weighted by Crippen LogP contribution is -2.59. The van der Waals surface area contributed by atoms with Gasteiger partial charge in [0.15, 0.2) is 0 Å². The van der Waals surface area contributed by atoms with Gasteiger partial charge in [-0.2, -0.15) is 0 Å². The van der Waals surface area contributed by atoms with Gasteiger partial charge in [0.05, 0.1) is 30.1 Å². The van der Waals surface area contributed by atoms with Crippen molar-refractivity contribution in [2.75, 3.05) is 32.8 Å². The number of ether oxygens (including phenoxy) is 1. The predicted molar refractivity (Wildman–Crippen MR) is 141 cm³/mol.